The second-order valence-electron chi connectivity index (χ2n) is 4.34. The number of hydrogen-bond donors (Lipinski definition) is 3. The van der Waals surface area contributed by atoms with Gasteiger partial charge in [0.1, 0.15) is 0 Å². The van der Waals surface area contributed by atoms with Gasteiger partial charge in [0, 0.05) is 0 Å². The fraction of sp³-hybridized carbons (Fsp3) is 0.385. The van der Waals surface area contributed by atoms with Gasteiger partial charge in [-0.05, 0) is 31.5 Å². The highest BCUT2D eigenvalue weighted by molar-refractivity contribution is 6.02. The number of hydrogen-bond acceptors (Lipinski definition) is 3. The first-order valence-electron chi connectivity index (χ1n) is 6.05. The zero-order chi connectivity index (χ0) is 13.0. The van der Waals surface area contributed by atoms with Gasteiger partial charge in [-0.2, -0.15) is 0 Å². The Morgan fingerprint density at radius 2 is 2.06 bits per heavy atom. The van der Waals surface area contributed by atoms with E-state index in [1.54, 1.807) is 18.2 Å². The van der Waals surface area contributed by atoms with E-state index in [4.69, 9.17) is 5.11 Å². The van der Waals surface area contributed by atoms with E-state index in [0.29, 0.717) is 5.69 Å². The number of carbonyl (C=O) groups excluding carboxylic acids is 1. The predicted octanol–water partition coefficient (Wildman–Crippen LogP) is 1.47. The van der Waals surface area contributed by atoms with Crippen LogP contribution in [0.5, 0.6) is 0 Å². The van der Waals surface area contributed by atoms with Crippen molar-refractivity contribution in [2.75, 3.05) is 11.9 Å². The highest BCUT2D eigenvalue weighted by Crippen LogP contribution is 2.16. The van der Waals surface area contributed by atoms with Crippen molar-refractivity contribution < 1.29 is 14.7 Å². The Morgan fingerprint density at radius 3 is 2.72 bits per heavy atom. The van der Waals surface area contributed by atoms with Crippen LogP contribution in [0.1, 0.15) is 29.6 Å². The summed E-state index contributed by atoms with van der Waals surface area (Å²) in [6, 6.07) is 6.20. The predicted molar refractivity (Wildman–Crippen MR) is 67.7 cm³/mol. The van der Waals surface area contributed by atoms with E-state index in [9.17, 15) is 9.59 Å². The van der Waals surface area contributed by atoms with Gasteiger partial charge in [-0.15, -0.1) is 0 Å². The van der Waals surface area contributed by atoms with Crippen LogP contribution in [0.4, 0.5) is 5.69 Å². The number of carboxylic acids is 1. The van der Waals surface area contributed by atoms with Gasteiger partial charge in [-0.3, -0.25) is 4.79 Å². The topological polar surface area (TPSA) is 78.4 Å². The molecular formula is C13H16N2O3. The van der Waals surface area contributed by atoms with Crippen LogP contribution in [0.25, 0.3) is 0 Å². The molecule has 3 N–H and O–H groups in total. The molecule has 0 aliphatic carbocycles. The summed E-state index contributed by atoms with van der Waals surface area (Å²) in [6.45, 7) is 0.832. The van der Waals surface area contributed by atoms with Crippen molar-refractivity contribution in [1.82, 2.24) is 5.32 Å². The molecule has 1 saturated heterocycles. The maximum atomic E-state index is 12.0. The molecule has 1 amide bonds. The molecule has 1 aliphatic rings. The largest absolute Gasteiger partial charge is 0.478 e. The molecule has 1 heterocycles. The number of aromatic carboxylic acids is 1. The molecule has 0 spiro atoms. The third-order valence-corrected chi connectivity index (χ3v) is 3.04. The molecule has 18 heavy (non-hydrogen) atoms. The normalized spacial score (nSPS) is 19.2. The van der Waals surface area contributed by atoms with Crippen molar-refractivity contribution in [3.05, 3.63) is 29.8 Å². The van der Waals surface area contributed by atoms with Crippen LogP contribution in [-0.2, 0) is 4.79 Å². The van der Waals surface area contributed by atoms with Gasteiger partial charge in [0.05, 0.1) is 17.3 Å². The summed E-state index contributed by atoms with van der Waals surface area (Å²) in [5.41, 5.74) is 0.462. The highest BCUT2D eigenvalue weighted by Gasteiger charge is 2.21. The zero-order valence-corrected chi connectivity index (χ0v) is 9.98. The minimum absolute atomic E-state index is 0.113. The van der Waals surface area contributed by atoms with Crippen molar-refractivity contribution in [2.45, 2.75) is 25.3 Å². The van der Waals surface area contributed by atoms with Gasteiger partial charge < -0.3 is 15.7 Å². The number of piperidine rings is 1. The van der Waals surface area contributed by atoms with E-state index >= 15 is 0 Å². The number of anilines is 1. The lowest BCUT2D eigenvalue weighted by atomic mass is 10.0. The molecule has 1 aliphatic heterocycles. The first-order chi connectivity index (χ1) is 8.68. The van der Waals surface area contributed by atoms with Crippen LogP contribution in [0, 0.1) is 0 Å². The van der Waals surface area contributed by atoms with Crippen LogP contribution in [0.15, 0.2) is 24.3 Å². The third-order valence-electron chi connectivity index (χ3n) is 3.04. The number of carbonyl (C=O) groups is 2. The SMILES string of the molecule is O=C(O)c1ccccc1NC(=O)C1CCCCN1. The molecule has 0 aromatic heterocycles. The summed E-state index contributed by atoms with van der Waals surface area (Å²) in [5.74, 6) is -1.20. The van der Waals surface area contributed by atoms with Crippen LogP contribution in [0.3, 0.4) is 0 Å². The smallest absolute Gasteiger partial charge is 0.337 e. The van der Waals surface area contributed by atoms with Crippen LogP contribution < -0.4 is 10.6 Å². The van der Waals surface area contributed by atoms with Crippen molar-refractivity contribution in [2.24, 2.45) is 0 Å². The number of para-hydroxylation sites is 1. The molecule has 5 heteroatoms. The van der Waals surface area contributed by atoms with E-state index in [2.05, 4.69) is 10.6 Å². The minimum Gasteiger partial charge on any atom is -0.478 e. The van der Waals surface area contributed by atoms with Crippen molar-refractivity contribution in [3.63, 3.8) is 0 Å². The van der Waals surface area contributed by atoms with Crippen LogP contribution in [-0.4, -0.2) is 29.6 Å². The number of rotatable bonds is 3. The van der Waals surface area contributed by atoms with Gasteiger partial charge in [-0.1, -0.05) is 18.6 Å². The lowest BCUT2D eigenvalue weighted by Gasteiger charge is -2.22. The van der Waals surface area contributed by atoms with Gasteiger partial charge in [0.25, 0.3) is 0 Å². The van der Waals surface area contributed by atoms with E-state index in [1.165, 1.54) is 6.07 Å². The first kappa shape index (κ1) is 12.6. The third kappa shape index (κ3) is 2.87. The summed E-state index contributed by atoms with van der Waals surface area (Å²) in [5, 5.41) is 14.8. The van der Waals surface area contributed by atoms with Gasteiger partial charge in [-0.25, -0.2) is 4.79 Å². The van der Waals surface area contributed by atoms with Crippen LogP contribution >= 0.6 is 0 Å². The summed E-state index contributed by atoms with van der Waals surface area (Å²) in [7, 11) is 0. The lowest BCUT2D eigenvalue weighted by Crippen LogP contribution is -2.43. The van der Waals surface area contributed by atoms with E-state index in [1.807, 2.05) is 0 Å². The number of carboxylic acid groups (broad SMARTS) is 1. The van der Waals surface area contributed by atoms with E-state index < -0.39 is 5.97 Å². The average Bonchev–Trinajstić information content (AvgIpc) is 2.40. The number of benzene rings is 1. The summed E-state index contributed by atoms with van der Waals surface area (Å²) < 4.78 is 0. The Morgan fingerprint density at radius 1 is 1.28 bits per heavy atom. The fourth-order valence-electron chi connectivity index (χ4n) is 2.07. The van der Waals surface area contributed by atoms with Crippen molar-refractivity contribution in [1.29, 1.82) is 0 Å². The number of nitrogens with one attached hydrogen (secondary N) is 2. The second-order valence-corrected chi connectivity index (χ2v) is 4.34. The molecule has 1 fully saturated rings. The van der Waals surface area contributed by atoms with E-state index in [0.717, 1.165) is 25.8 Å². The Kier molecular flexibility index (Phi) is 3.94. The highest BCUT2D eigenvalue weighted by atomic mass is 16.4. The molecule has 96 valence electrons. The molecule has 1 aromatic rings. The van der Waals surface area contributed by atoms with Gasteiger partial charge >= 0.3 is 5.97 Å². The Hall–Kier alpha value is -1.88. The monoisotopic (exact) mass is 248 g/mol. The molecular weight excluding hydrogens is 232 g/mol. The Labute approximate surface area is 105 Å². The molecule has 0 bridgehead atoms. The quantitative estimate of drug-likeness (QED) is 0.756. The molecule has 1 atom stereocenters. The van der Waals surface area contributed by atoms with Crippen LogP contribution in [0.2, 0.25) is 0 Å². The zero-order valence-electron chi connectivity index (χ0n) is 9.98. The summed E-state index contributed by atoms with van der Waals surface area (Å²) in [6.07, 6.45) is 2.89. The van der Waals surface area contributed by atoms with Gasteiger partial charge in [0.2, 0.25) is 5.91 Å². The minimum atomic E-state index is -1.04. The average molecular weight is 248 g/mol. The molecule has 1 aromatic carbocycles. The summed E-state index contributed by atoms with van der Waals surface area (Å²) in [4.78, 5) is 23.0. The van der Waals surface area contributed by atoms with Gasteiger partial charge in [0.15, 0.2) is 0 Å². The second kappa shape index (κ2) is 5.64. The summed E-state index contributed by atoms with van der Waals surface area (Å²) >= 11 is 0. The maximum absolute atomic E-state index is 12.0. The molecule has 0 saturated carbocycles. The molecule has 2 rings (SSSR count). The standard InChI is InChI=1S/C13H16N2O3/c16-12(11-7-3-4-8-14-11)15-10-6-2-1-5-9(10)13(17)18/h1-2,5-6,11,14H,3-4,7-8H2,(H,15,16)(H,17,18). The fourth-order valence-corrected chi connectivity index (χ4v) is 2.07. The molecule has 5 nitrogen and oxygen atoms in total. The number of amides is 1. The van der Waals surface area contributed by atoms with Crippen molar-refractivity contribution in [3.8, 4) is 0 Å². The molecule has 1 unspecified atom stereocenters. The Bertz CT molecular complexity index is 453. The van der Waals surface area contributed by atoms with E-state index in [-0.39, 0.29) is 17.5 Å². The Balaban J connectivity index is 2.08. The lowest BCUT2D eigenvalue weighted by molar-refractivity contribution is -0.118. The molecule has 0 radical (unpaired) electrons. The maximum Gasteiger partial charge on any atom is 0.337 e. The first-order valence-corrected chi connectivity index (χ1v) is 6.05. The van der Waals surface area contributed by atoms with Crippen molar-refractivity contribution >= 4 is 17.6 Å².